The predicted molar refractivity (Wildman–Crippen MR) is 207 cm³/mol. The molecule has 0 aromatic heterocycles. The SMILES string of the molecule is CCCCCCCCCCCCCCCCCCN1c2ccccc2C(C)(C)C12C=Cc1cc(/C=C/c3ccccc3)cc([N+](=O)[O-])c1O2. The lowest BCUT2D eigenvalue weighted by Crippen LogP contribution is -2.59. The summed E-state index contributed by atoms with van der Waals surface area (Å²) < 4.78 is 6.95. The summed E-state index contributed by atoms with van der Waals surface area (Å²) in [6.45, 7) is 7.53. The maximum Gasteiger partial charge on any atom is 0.312 e. The van der Waals surface area contributed by atoms with E-state index in [-0.39, 0.29) is 10.6 Å². The normalized spacial score (nSPS) is 17.4. The number of hydrogen-bond acceptors (Lipinski definition) is 4. The zero-order valence-electron chi connectivity index (χ0n) is 30.3. The van der Waals surface area contributed by atoms with Gasteiger partial charge in [-0.05, 0) is 61.2 Å². The molecule has 5 heteroatoms. The van der Waals surface area contributed by atoms with E-state index < -0.39 is 11.1 Å². The highest BCUT2D eigenvalue weighted by atomic mass is 16.6. The van der Waals surface area contributed by atoms with E-state index in [0.29, 0.717) is 5.75 Å². The van der Waals surface area contributed by atoms with Crippen molar-refractivity contribution in [3.05, 3.63) is 105 Å². The number of anilines is 1. The van der Waals surface area contributed by atoms with Crippen LogP contribution in [0.5, 0.6) is 5.75 Å². The molecule has 0 aliphatic carbocycles. The van der Waals surface area contributed by atoms with Crippen molar-refractivity contribution in [2.45, 2.75) is 135 Å². The van der Waals surface area contributed by atoms with Gasteiger partial charge in [0.15, 0.2) is 0 Å². The minimum Gasteiger partial charge on any atom is -0.456 e. The molecule has 3 aromatic carbocycles. The van der Waals surface area contributed by atoms with Gasteiger partial charge < -0.3 is 9.64 Å². The Morgan fingerprint density at radius 2 is 1.27 bits per heavy atom. The van der Waals surface area contributed by atoms with E-state index >= 15 is 0 Å². The molecule has 2 aliphatic rings. The molecule has 5 nitrogen and oxygen atoms in total. The molecular weight excluding hydrogens is 604 g/mol. The summed E-state index contributed by atoms with van der Waals surface area (Å²) in [5.74, 6) is 0.349. The highest BCUT2D eigenvalue weighted by Gasteiger charge is 2.59. The minimum atomic E-state index is -0.856. The molecule has 2 heterocycles. The van der Waals surface area contributed by atoms with Gasteiger partial charge in [0.1, 0.15) is 0 Å². The third-order valence-corrected chi connectivity index (χ3v) is 10.7. The van der Waals surface area contributed by atoms with Gasteiger partial charge in [0.2, 0.25) is 11.5 Å². The minimum absolute atomic E-state index is 0.00283. The van der Waals surface area contributed by atoms with Gasteiger partial charge in [0.25, 0.3) is 0 Å². The molecule has 262 valence electrons. The molecule has 0 saturated carbocycles. The van der Waals surface area contributed by atoms with Crippen LogP contribution in [0.4, 0.5) is 11.4 Å². The Hall–Kier alpha value is -3.86. The first-order chi connectivity index (χ1) is 23.9. The zero-order valence-corrected chi connectivity index (χ0v) is 30.3. The van der Waals surface area contributed by atoms with Gasteiger partial charge in [-0.1, -0.05) is 164 Å². The standard InChI is InChI=1S/C44H58N2O3/c1-4-5-6-7-8-9-10-11-12-13-14-15-16-17-18-24-33-45-40-28-23-22-27-39(40)43(2,3)44(45)32-31-38-34-37(30-29-36-25-20-19-21-26-36)35-41(46(47)48)42(38)49-44/h19-23,25-32,34-35H,4-18,24,33H2,1-3H3/b30-29+. The summed E-state index contributed by atoms with van der Waals surface area (Å²) in [7, 11) is 0. The molecule has 1 spiro atoms. The molecule has 0 fully saturated rings. The number of rotatable bonds is 20. The predicted octanol–water partition coefficient (Wildman–Crippen LogP) is 12.9. The lowest BCUT2D eigenvalue weighted by molar-refractivity contribution is -0.386. The first-order valence-corrected chi connectivity index (χ1v) is 19.2. The summed E-state index contributed by atoms with van der Waals surface area (Å²) >= 11 is 0. The van der Waals surface area contributed by atoms with E-state index in [4.69, 9.17) is 4.74 Å². The number of ether oxygens (including phenoxy) is 1. The van der Waals surface area contributed by atoms with Crippen LogP contribution in [0, 0.1) is 10.1 Å². The van der Waals surface area contributed by atoms with Crippen molar-refractivity contribution in [1.29, 1.82) is 0 Å². The quantitative estimate of drug-likeness (QED) is 0.0523. The number of para-hydroxylation sites is 1. The molecule has 0 saturated heterocycles. The van der Waals surface area contributed by atoms with Crippen molar-refractivity contribution < 1.29 is 9.66 Å². The van der Waals surface area contributed by atoms with Crippen molar-refractivity contribution in [3.8, 4) is 5.75 Å². The van der Waals surface area contributed by atoms with Gasteiger partial charge in [-0.2, -0.15) is 0 Å². The summed E-state index contributed by atoms with van der Waals surface area (Å²) in [5.41, 5.74) is 3.65. The number of unbranched alkanes of at least 4 members (excludes halogenated alkanes) is 15. The van der Waals surface area contributed by atoms with Crippen molar-refractivity contribution in [2.75, 3.05) is 11.4 Å². The van der Waals surface area contributed by atoms with Crippen molar-refractivity contribution >= 4 is 29.6 Å². The largest absolute Gasteiger partial charge is 0.456 e. The number of nitrogens with zero attached hydrogens (tertiary/aromatic N) is 2. The lowest BCUT2D eigenvalue weighted by Gasteiger charge is -2.47. The molecule has 0 amide bonds. The third kappa shape index (κ3) is 8.84. The number of hydrogen-bond donors (Lipinski definition) is 0. The molecule has 0 bridgehead atoms. The van der Waals surface area contributed by atoms with Crippen LogP contribution in [0.1, 0.15) is 146 Å². The molecule has 5 rings (SSSR count). The molecule has 0 radical (unpaired) electrons. The highest BCUT2D eigenvalue weighted by molar-refractivity contribution is 5.79. The molecule has 0 N–H and O–H groups in total. The van der Waals surface area contributed by atoms with E-state index in [1.165, 1.54) is 102 Å². The van der Waals surface area contributed by atoms with E-state index in [1.807, 2.05) is 54.6 Å². The van der Waals surface area contributed by atoms with Crippen LogP contribution in [-0.4, -0.2) is 17.2 Å². The van der Waals surface area contributed by atoms with E-state index in [0.717, 1.165) is 35.3 Å². The van der Waals surface area contributed by atoms with Crippen LogP contribution < -0.4 is 9.64 Å². The van der Waals surface area contributed by atoms with Crippen molar-refractivity contribution in [1.82, 2.24) is 0 Å². The number of nitro groups is 1. The topological polar surface area (TPSA) is 55.6 Å². The second-order valence-corrected chi connectivity index (χ2v) is 14.7. The number of fused-ring (bicyclic) bond motifs is 2. The maximum atomic E-state index is 12.5. The van der Waals surface area contributed by atoms with Gasteiger partial charge in [-0.25, -0.2) is 0 Å². The fraction of sp³-hybridized carbons (Fsp3) is 0.500. The lowest BCUT2D eigenvalue weighted by atomic mass is 9.76. The second-order valence-electron chi connectivity index (χ2n) is 14.7. The smallest absolute Gasteiger partial charge is 0.312 e. The van der Waals surface area contributed by atoms with Crippen LogP contribution in [0.2, 0.25) is 0 Å². The van der Waals surface area contributed by atoms with Crippen LogP contribution in [0.25, 0.3) is 18.2 Å². The average molecular weight is 663 g/mol. The molecular formula is C44H58N2O3. The maximum absolute atomic E-state index is 12.5. The van der Waals surface area contributed by atoms with Crippen LogP contribution in [0.3, 0.4) is 0 Å². The highest BCUT2D eigenvalue weighted by Crippen LogP contribution is 2.56. The molecule has 2 aliphatic heterocycles. The Morgan fingerprint density at radius 3 is 1.88 bits per heavy atom. The van der Waals surface area contributed by atoms with Gasteiger partial charge >= 0.3 is 5.69 Å². The number of benzene rings is 3. The summed E-state index contributed by atoms with van der Waals surface area (Å²) in [5, 5.41) is 12.5. The zero-order chi connectivity index (χ0) is 34.5. The van der Waals surface area contributed by atoms with Crippen molar-refractivity contribution in [3.63, 3.8) is 0 Å². The molecule has 1 unspecified atom stereocenters. The van der Waals surface area contributed by atoms with Crippen LogP contribution in [-0.2, 0) is 5.41 Å². The first-order valence-electron chi connectivity index (χ1n) is 19.2. The van der Waals surface area contributed by atoms with Gasteiger partial charge in [0, 0.05) is 23.9 Å². The van der Waals surface area contributed by atoms with Gasteiger partial charge in [-0.3, -0.25) is 10.1 Å². The first kappa shape index (κ1) is 36.4. The number of nitro benzene ring substituents is 1. The average Bonchev–Trinajstić information content (AvgIpc) is 3.28. The van der Waals surface area contributed by atoms with E-state index in [1.54, 1.807) is 6.07 Å². The third-order valence-electron chi connectivity index (χ3n) is 10.7. The Kier molecular flexibility index (Phi) is 13.2. The fourth-order valence-electron chi connectivity index (χ4n) is 7.81. The molecule has 1 atom stereocenters. The Balaban J connectivity index is 1.18. The van der Waals surface area contributed by atoms with E-state index in [2.05, 4.69) is 56.0 Å². The monoisotopic (exact) mass is 662 g/mol. The Bertz CT molecular complexity index is 1560. The molecule has 49 heavy (non-hydrogen) atoms. The second kappa shape index (κ2) is 17.7. The summed E-state index contributed by atoms with van der Waals surface area (Å²) in [6, 6.07) is 22.1. The summed E-state index contributed by atoms with van der Waals surface area (Å²) in [6.07, 6.45) is 29.5. The Morgan fingerprint density at radius 1 is 0.714 bits per heavy atom. The van der Waals surface area contributed by atoms with Crippen LogP contribution >= 0.6 is 0 Å². The van der Waals surface area contributed by atoms with Gasteiger partial charge in [0.05, 0.1) is 10.3 Å². The van der Waals surface area contributed by atoms with Crippen molar-refractivity contribution in [2.24, 2.45) is 0 Å². The fourth-order valence-corrected chi connectivity index (χ4v) is 7.81. The van der Waals surface area contributed by atoms with E-state index in [9.17, 15) is 10.1 Å². The summed E-state index contributed by atoms with van der Waals surface area (Å²) in [4.78, 5) is 14.5. The van der Waals surface area contributed by atoms with Gasteiger partial charge in [-0.15, -0.1) is 0 Å². The Labute approximate surface area is 295 Å². The van der Waals surface area contributed by atoms with Crippen LogP contribution in [0.15, 0.2) is 72.8 Å². The molecule has 3 aromatic rings.